The molecule has 0 radical (unpaired) electrons. The monoisotopic (exact) mass is 359 g/mol. The van der Waals surface area contributed by atoms with Crippen molar-refractivity contribution in [3.63, 3.8) is 0 Å². The van der Waals surface area contributed by atoms with E-state index in [4.69, 9.17) is 10.00 Å². The molecule has 1 aromatic heterocycles. The summed E-state index contributed by atoms with van der Waals surface area (Å²) in [6.07, 6.45) is 0. The zero-order valence-corrected chi connectivity index (χ0v) is 14.4. The maximum atomic E-state index is 13.9. The molecule has 0 saturated heterocycles. The van der Waals surface area contributed by atoms with E-state index in [1.807, 2.05) is 12.1 Å². The van der Waals surface area contributed by atoms with Crippen molar-refractivity contribution in [2.75, 3.05) is 0 Å². The Morgan fingerprint density at radius 2 is 1.81 bits per heavy atom. The van der Waals surface area contributed by atoms with Crippen LogP contribution in [0.15, 0.2) is 53.3 Å². The van der Waals surface area contributed by atoms with Crippen LogP contribution >= 0.6 is 0 Å². The summed E-state index contributed by atoms with van der Waals surface area (Å²) in [5.74, 6) is 0.0193. The van der Waals surface area contributed by atoms with Gasteiger partial charge in [0.2, 0.25) is 0 Å². The normalized spacial score (nSPS) is 10.1. The number of pyridine rings is 1. The molecular weight excluding hydrogens is 345 g/mol. The lowest BCUT2D eigenvalue weighted by Gasteiger charge is -2.09. The first kappa shape index (κ1) is 17.9. The first-order chi connectivity index (χ1) is 13.0. The molecule has 0 fully saturated rings. The van der Waals surface area contributed by atoms with Gasteiger partial charge in [0.15, 0.2) is 0 Å². The molecule has 0 unspecified atom stereocenters. The van der Waals surface area contributed by atoms with Gasteiger partial charge in [-0.1, -0.05) is 18.2 Å². The van der Waals surface area contributed by atoms with E-state index in [9.17, 15) is 14.4 Å². The highest BCUT2D eigenvalue weighted by Crippen LogP contribution is 2.25. The Morgan fingerprint density at radius 3 is 2.44 bits per heavy atom. The SMILES string of the molecule is Cc1cc(-c2ccc(OCc3ccc(C#N)cc3F)cc2)c(C#N)c(=O)[nH]1. The van der Waals surface area contributed by atoms with E-state index in [1.54, 1.807) is 37.3 Å². The molecule has 0 saturated carbocycles. The number of benzene rings is 2. The van der Waals surface area contributed by atoms with Crippen LogP contribution in [0.1, 0.15) is 22.4 Å². The van der Waals surface area contributed by atoms with Crippen LogP contribution in [0.2, 0.25) is 0 Å². The fourth-order valence-corrected chi connectivity index (χ4v) is 2.65. The molecule has 5 nitrogen and oxygen atoms in total. The van der Waals surface area contributed by atoms with E-state index in [-0.39, 0.29) is 17.7 Å². The predicted octanol–water partition coefficient (Wildman–Crippen LogP) is 3.81. The zero-order valence-electron chi connectivity index (χ0n) is 14.4. The Labute approximate surface area is 154 Å². The van der Waals surface area contributed by atoms with Gasteiger partial charge in [-0.2, -0.15) is 10.5 Å². The van der Waals surface area contributed by atoms with Crippen LogP contribution in [-0.4, -0.2) is 4.98 Å². The number of aryl methyl sites for hydroxylation is 1. The second-order valence-corrected chi connectivity index (χ2v) is 5.91. The van der Waals surface area contributed by atoms with Crippen molar-refractivity contribution in [1.82, 2.24) is 4.98 Å². The molecule has 0 amide bonds. The summed E-state index contributed by atoms with van der Waals surface area (Å²) in [5.41, 5.74) is 2.13. The first-order valence-corrected chi connectivity index (χ1v) is 8.07. The lowest BCUT2D eigenvalue weighted by atomic mass is 10.0. The molecule has 0 bridgehead atoms. The van der Waals surface area contributed by atoms with Gasteiger partial charge in [-0.05, 0) is 42.8 Å². The number of rotatable bonds is 4. The third kappa shape index (κ3) is 3.86. The van der Waals surface area contributed by atoms with E-state index < -0.39 is 11.4 Å². The molecule has 3 rings (SSSR count). The molecule has 1 N–H and O–H groups in total. The van der Waals surface area contributed by atoms with Gasteiger partial charge in [0.25, 0.3) is 5.56 Å². The quantitative estimate of drug-likeness (QED) is 0.767. The summed E-state index contributed by atoms with van der Waals surface area (Å²) in [6.45, 7) is 1.76. The van der Waals surface area contributed by atoms with Gasteiger partial charge in [-0.15, -0.1) is 0 Å². The summed E-state index contributed by atoms with van der Waals surface area (Å²) < 4.78 is 19.5. The van der Waals surface area contributed by atoms with Gasteiger partial charge in [0.05, 0.1) is 11.6 Å². The van der Waals surface area contributed by atoms with Crippen LogP contribution in [-0.2, 0) is 6.61 Å². The maximum absolute atomic E-state index is 13.9. The van der Waals surface area contributed by atoms with Gasteiger partial charge < -0.3 is 9.72 Å². The topological polar surface area (TPSA) is 89.7 Å². The van der Waals surface area contributed by atoms with Crippen LogP contribution in [0.5, 0.6) is 5.75 Å². The Morgan fingerprint density at radius 1 is 1.07 bits per heavy atom. The van der Waals surface area contributed by atoms with Crippen LogP contribution < -0.4 is 10.3 Å². The Hall–Kier alpha value is -3.90. The van der Waals surface area contributed by atoms with Gasteiger partial charge in [0, 0.05) is 16.8 Å². The largest absolute Gasteiger partial charge is 0.489 e. The third-order valence-electron chi connectivity index (χ3n) is 4.02. The number of H-pyrrole nitrogens is 1. The summed E-state index contributed by atoms with van der Waals surface area (Å²) in [6, 6.07) is 16.6. The molecule has 0 aliphatic rings. The Balaban J connectivity index is 1.80. The van der Waals surface area contributed by atoms with Crippen LogP contribution in [0.4, 0.5) is 4.39 Å². The molecule has 0 aliphatic heterocycles. The molecule has 132 valence electrons. The van der Waals surface area contributed by atoms with Gasteiger partial charge >= 0.3 is 0 Å². The van der Waals surface area contributed by atoms with Gasteiger partial charge in [0.1, 0.15) is 29.8 Å². The molecule has 0 aliphatic carbocycles. The van der Waals surface area contributed by atoms with E-state index in [1.165, 1.54) is 18.2 Å². The number of halogens is 1. The number of nitrogens with zero attached hydrogens (tertiary/aromatic N) is 2. The third-order valence-corrected chi connectivity index (χ3v) is 4.02. The molecule has 3 aromatic rings. The number of ether oxygens (including phenoxy) is 1. The molecule has 1 heterocycles. The smallest absolute Gasteiger partial charge is 0.266 e. The zero-order chi connectivity index (χ0) is 19.4. The van der Waals surface area contributed by atoms with E-state index in [0.717, 1.165) is 0 Å². The van der Waals surface area contributed by atoms with Crippen molar-refractivity contribution in [1.29, 1.82) is 10.5 Å². The molecule has 0 spiro atoms. The van der Waals surface area contributed by atoms with Crippen molar-refractivity contribution in [2.24, 2.45) is 0 Å². The van der Waals surface area contributed by atoms with E-state index >= 15 is 0 Å². The second kappa shape index (κ2) is 7.55. The molecule has 6 heteroatoms. The minimum atomic E-state index is -0.497. The van der Waals surface area contributed by atoms with Crippen molar-refractivity contribution in [3.8, 4) is 29.0 Å². The average molecular weight is 359 g/mol. The Bertz CT molecular complexity index is 1140. The number of aromatic amines is 1. The number of hydrogen-bond donors (Lipinski definition) is 1. The molecule has 27 heavy (non-hydrogen) atoms. The maximum Gasteiger partial charge on any atom is 0.266 e. The van der Waals surface area contributed by atoms with Gasteiger partial charge in [-0.3, -0.25) is 4.79 Å². The average Bonchev–Trinajstić information content (AvgIpc) is 2.67. The molecule has 0 atom stereocenters. The number of aromatic nitrogens is 1. The lowest BCUT2D eigenvalue weighted by molar-refractivity contribution is 0.300. The number of nitrogens with one attached hydrogen (secondary N) is 1. The van der Waals surface area contributed by atoms with E-state index in [2.05, 4.69) is 4.98 Å². The fraction of sp³-hybridized carbons (Fsp3) is 0.0952. The highest BCUT2D eigenvalue weighted by molar-refractivity contribution is 5.70. The first-order valence-electron chi connectivity index (χ1n) is 8.07. The fourth-order valence-electron chi connectivity index (χ4n) is 2.65. The standard InChI is InChI=1S/C21H14FN3O2/c1-13-8-18(19(11-24)21(26)25-13)15-4-6-17(7-5-15)27-12-16-3-2-14(10-23)9-20(16)22/h2-9H,12H2,1H3,(H,25,26). The highest BCUT2D eigenvalue weighted by Gasteiger charge is 2.10. The van der Waals surface area contributed by atoms with Crippen molar-refractivity contribution in [3.05, 3.63) is 87.1 Å². The van der Waals surface area contributed by atoms with Crippen LogP contribution in [0.3, 0.4) is 0 Å². The summed E-state index contributed by atoms with van der Waals surface area (Å²) in [4.78, 5) is 14.5. The summed E-state index contributed by atoms with van der Waals surface area (Å²) in [5, 5.41) is 18.0. The van der Waals surface area contributed by atoms with E-state index in [0.29, 0.717) is 28.1 Å². The van der Waals surface area contributed by atoms with Crippen molar-refractivity contribution >= 4 is 0 Å². The minimum absolute atomic E-state index is 0.0183. The van der Waals surface area contributed by atoms with Gasteiger partial charge in [-0.25, -0.2) is 4.39 Å². The second-order valence-electron chi connectivity index (χ2n) is 5.91. The number of hydrogen-bond acceptors (Lipinski definition) is 4. The molecular formula is C21H14FN3O2. The number of nitriles is 2. The Kier molecular flexibility index (Phi) is 5.01. The van der Waals surface area contributed by atoms with Crippen LogP contribution in [0, 0.1) is 35.4 Å². The minimum Gasteiger partial charge on any atom is -0.489 e. The highest BCUT2D eigenvalue weighted by atomic mass is 19.1. The van der Waals surface area contributed by atoms with Crippen LogP contribution in [0.25, 0.3) is 11.1 Å². The van der Waals surface area contributed by atoms with Crippen molar-refractivity contribution < 1.29 is 9.13 Å². The molecule has 2 aromatic carbocycles. The summed E-state index contributed by atoms with van der Waals surface area (Å²) in [7, 11) is 0. The van der Waals surface area contributed by atoms with Crippen molar-refractivity contribution in [2.45, 2.75) is 13.5 Å². The predicted molar refractivity (Wildman–Crippen MR) is 97.4 cm³/mol. The summed E-state index contributed by atoms with van der Waals surface area (Å²) >= 11 is 0. The lowest BCUT2D eigenvalue weighted by Crippen LogP contribution is -2.12.